The van der Waals surface area contributed by atoms with Gasteiger partial charge in [0, 0.05) is 24.9 Å². The highest BCUT2D eigenvalue weighted by atomic mass is 16.4. The molecule has 0 aliphatic heterocycles. The molecule has 18 heteroatoms. The van der Waals surface area contributed by atoms with Crippen LogP contribution in [0.4, 0.5) is 0 Å². The zero-order valence-corrected chi connectivity index (χ0v) is 21.3. The fourth-order valence-corrected chi connectivity index (χ4v) is 3.13. The molecular weight excluding hydrogens is 520 g/mol. The molecule has 5 atom stereocenters. The first-order valence-electron chi connectivity index (χ1n) is 11.8. The van der Waals surface area contributed by atoms with Gasteiger partial charge in [0.2, 0.25) is 23.6 Å². The van der Waals surface area contributed by atoms with E-state index < -0.39 is 73.0 Å². The third-order valence-corrected chi connectivity index (χ3v) is 5.22. The van der Waals surface area contributed by atoms with Gasteiger partial charge in [0.25, 0.3) is 0 Å². The first-order chi connectivity index (χ1) is 18.3. The third-order valence-electron chi connectivity index (χ3n) is 5.22. The average molecular weight is 557 g/mol. The van der Waals surface area contributed by atoms with E-state index in [9.17, 15) is 29.1 Å². The zero-order valence-electron chi connectivity index (χ0n) is 21.3. The van der Waals surface area contributed by atoms with Gasteiger partial charge >= 0.3 is 5.97 Å². The predicted molar refractivity (Wildman–Crippen MR) is 135 cm³/mol. The normalized spacial score (nSPS) is 14.6. The van der Waals surface area contributed by atoms with E-state index in [1.165, 1.54) is 19.4 Å². The van der Waals surface area contributed by atoms with E-state index >= 15 is 0 Å². The van der Waals surface area contributed by atoms with Gasteiger partial charge in [-0.2, -0.15) is 0 Å². The molecule has 1 aromatic rings. The zero-order chi connectivity index (χ0) is 29.5. The van der Waals surface area contributed by atoms with Crippen LogP contribution < -0.4 is 38.5 Å². The summed E-state index contributed by atoms with van der Waals surface area (Å²) >= 11 is 0. The summed E-state index contributed by atoms with van der Waals surface area (Å²) in [6.45, 7) is 0.00441. The number of rotatable bonds is 17. The van der Waals surface area contributed by atoms with Gasteiger partial charge in [-0.25, -0.2) is 9.78 Å². The minimum absolute atomic E-state index is 0.0894. The van der Waals surface area contributed by atoms with Crippen LogP contribution in [-0.2, 0) is 30.4 Å². The molecule has 0 bridgehead atoms. The molecule has 0 saturated heterocycles. The Balaban J connectivity index is 2.82. The van der Waals surface area contributed by atoms with Crippen molar-refractivity contribution in [1.82, 2.24) is 31.2 Å². The number of H-pyrrole nitrogens is 1. The molecule has 0 aromatic carbocycles. The third kappa shape index (κ3) is 12.2. The lowest BCUT2D eigenvalue weighted by Gasteiger charge is -2.25. The lowest BCUT2D eigenvalue weighted by molar-refractivity contribution is -0.144. The highest BCUT2D eigenvalue weighted by Gasteiger charge is 2.32. The van der Waals surface area contributed by atoms with Gasteiger partial charge in [-0.05, 0) is 19.8 Å². The van der Waals surface area contributed by atoms with Gasteiger partial charge in [0.15, 0.2) is 5.96 Å². The molecule has 18 nitrogen and oxygen atoms in total. The summed E-state index contributed by atoms with van der Waals surface area (Å²) in [5, 5.41) is 37.2. The molecule has 1 aromatic heterocycles. The maximum atomic E-state index is 13.0. The Morgan fingerprint density at radius 3 is 2.31 bits per heavy atom. The van der Waals surface area contributed by atoms with Crippen molar-refractivity contribution >= 4 is 35.6 Å². The summed E-state index contributed by atoms with van der Waals surface area (Å²) < 4.78 is 0. The molecule has 0 saturated carbocycles. The van der Waals surface area contributed by atoms with Gasteiger partial charge in [-0.15, -0.1) is 0 Å². The number of nitrogens with two attached hydrogens (primary N) is 3. The molecule has 0 unspecified atom stereocenters. The molecule has 0 radical (unpaired) electrons. The van der Waals surface area contributed by atoms with E-state index in [4.69, 9.17) is 27.4 Å². The van der Waals surface area contributed by atoms with E-state index in [1.807, 2.05) is 5.32 Å². The van der Waals surface area contributed by atoms with Crippen molar-refractivity contribution in [3.05, 3.63) is 18.2 Å². The number of aliphatic imine (C=N–C) groups is 1. The number of hydrogen-bond donors (Lipinski definition) is 11. The van der Waals surface area contributed by atoms with Gasteiger partial charge < -0.3 is 58.8 Å². The first-order valence-corrected chi connectivity index (χ1v) is 11.8. The second-order valence-electron chi connectivity index (χ2n) is 8.48. The number of carbonyl (C=O) groups is 5. The van der Waals surface area contributed by atoms with E-state index in [1.54, 1.807) is 0 Å². The number of hydrogen-bond acceptors (Lipinski definition) is 10. The second kappa shape index (κ2) is 16.5. The molecule has 0 aliphatic rings. The number of nitrogens with one attached hydrogen (secondary N) is 5. The van der Waals surface area contributed by atoms with Crippen LogP contribution in [0, 0.1) is 0 Å². The Morgan fingerprint density at radius 1 is 1.08 bits per heavy atom. The van der Waals surface area contributed by atoms with Crippen LogP contribution in [0.1, 0.15) is 25.5 Å². The number of carbonyl (C=O) groups excluding carboxylic acids is 4. The monoisotopic (exact) mass is 556 g/mol. The lowest BCUT2D eigenvalue weighted by atomic mass is 10.1. The van der Waals surface area contributed by atoms with Gasteiger partial charge in [-0.3, -0.25) is 24.2 Å². The number of carboxylic acid groups (broad SMARTS) is 1. The molecule has 218 valence electrons. The van der Waals surface area contributed by atoms with Crippen molar-refractivity contribution in [3.63, 3.8) is 0 Å². The number of guanidine groups is 1. The van der Waals surface area contributed by atoms with E-state index in [0.717, 1.165) is 0 Å². The molecule has 0 aliphatic carbocycles. The SMILES string of the molecule is C[C@@H](O)[C@H](NC(=O)[C@H](Cc1cnc[nH]1)NC(=O)CNC(=O)[C@@H](N)CCCN=C(N)N)C(=O)N[C@@H](CO)C(=O)O. The molecular formula is C21H36N10O8. The Labute approximate surface area is 223 Å². The Morgan fingerprint density at radius 2 is 1.77 bits per heavy atom. The molecule has 14 N–H and O–H groups in total. The van der Waals surface area contributed by atoms with Crippen LogP contribution in [0.3, 0.4) is 0 Å². The van der Waals surface area contributed by atoms with E-state index in [0.29, 0.717) is 12.1 Å². The summed E-state index contributed by atoms with van der Waals surface area (Å²) in [7, 11) is 0. The van der Waals surface area contributed by atoms with Crippen molar-refractivity contribution in [1.29, 1.82) is 0 Å². The highest BCUT2D eigenvalue weighted by Crippen LogP contribution is 2.03. The number of carboxylic acids is 1. The summed E-state index contributed by atoms with van der Waals surface area (Å²) in [4.78, 5) is 71.7. The van der Waals surface area contributed by atoms with E-state index in [2.05, 4.69) is 30.9 Å². The predicted octanol–water partition coefficient (Wildman–Crippen LogP) is -5.64. The molecule has 39 heavy (non-hydrogen) atoms. The minimum atomic E-state index is -1.67. The second-order valence-corrected chi connectivity index (χ2v) is 8.48. The van der Waals surface area contributed by atoms with Gasteiger partial charge in [0.05, 0.1) is 31.6 Å². The Bertz CT molecular complexity index is 997. The fraction of sp³-hybridized carbons (Fsp3) is 0.571. The quantitative estimate of drug-likeness (QED) is 0.0486. The van der Waals surface area contributed by atoms with Crippen LogP contribution in [0.25, 0.3) is 0 Å². The topological polar surface area (TPSA) is 313 Å². The molecule has 0 fully saturated rings. The number of aromatic nitrogens is 2. The Hall–Kier alpha value is -4.29. The maximum absolute atomic E-state index is 13.0. The molecule has 0 spiro atoms. The van der Waals surface area contributed by atoms with Crippen LogP contribution >= 0.6 is 0 Å². The number of imidazole rings is 1. The molecule has 1 rings (SSSR count). The van der Waals surface area contributed by atoms with Crippen molar-refractivity contribution < 1.29 is 39.3 Å². The highest BCUT2D eigenvalue weighted by molar-refractivity contribution is 5.94. The summed E-state index contributed by atoms with van der Waals surface area (Å²) in [6.07, 6.45) is 1.82. The first kappa shape index (κ1) is 32.7. The van der Waals surface area contributed by atoms with Crippen LogP contribution in [-0.4, -0.2) is 111 Å². The molecule has 1 heterocycles. The van der Waals surface area contributed by atoms with Crippen molar-refractivity contribution in [2.45, 2.75) is 56.5 Å². The number of amides is 4. The van der Waals surface area contributed by atoms with Crippen LogP contribution in [0.2, 0.25) is 0 Å². The van der Waals surface area contributed by atoms with Crippen molar-refractivity contribution in [3.8, 4) is 0 Å². The smallest absolute Gasteiger partial charge is 0.328 e. The fourth-order valence-electron chi connectivity index (χ4n) is 3.13. The summed E-state index contributed by atoms with van der Waals surface area (Å²) in [5.41, 5.74) is 16.7. The summed E-state index contributed by atoms with van der Waals surface area (Å²) in [6, 6.07) is -5.53. The number of aliphatic hydroxyl groups excluding tert-OH is 2. The van der Waals surface area contributed by atoms with Crippen molar-refractivity contribution in [2.24, 2.45) is 22.2 Å². The number of aliphatic carboxylic acids is 1. The number of aliphatic hydroxyl groups is 2. The number of aromatic amines is 1. The van der Waals surface area contributed by atoms with Crippen LogP contribution in [0.5, 0.6) is 0 Å². The van der Waals surface area contributed by atoms with Gasteiger partial charge in [0.1, 0.15) is 18.1 Å². The standard InChI is InChI=1S/C21H36N10O8/c1-10(33)16(19(37)30-14(8-32)20(38)39)31-18(36)13(5-11-6-25-9-28-11)29-15(34)7-27-17(35)12(22)3-2-4-26-21(23)24/h6,9-10,12-14,16,32-33H,2-5,7-8,22H2,1H3,(H,25,28)(H,27,35)(H,29,34)(H,30,37)(H,31,36)(H,38,39)(H4,23,24,26)/t10-,12+,13+,14+,16+/m1/s1. The van der Waals surface area contributed by atoms with Crippen LogP contribution in [0.15, 0.2) is 17.5 Å². The average Bonchev–Trinajstić information content (AvgIpc) is 3.38. The van der Waals surface area contributed by atoms with Crippen molar-refractivity contribution in [2.75, 3.05) is 19.7 Å². The largest absolute Gasteiger partial charge is 0.480 e. The maximum Gasteiger partial charge on any atom is 0.328 e. The minimum Gasteiger partial charge on any atom is -0.480 e. The van der Waals surface area contributed by atoms with E-state index in [-0.39, 0.29) is 25.3 Å². The summed E-state index contributed by atoms with van der Waals surface area (Å²) in [5.74, 6) is -4.98. The lowest BCUT2D eigenvalue weighted by Crippen LogP contribution is -2.60. The van der Waals surface area contributed by atoms with Gasteiger partial charge in [-0.1, -0.05) is 0 Å². The number of nitrogens with zero attached hydrogens (tertiary/aromatic N) is 2. The molecule has 4 amide bonds. The Kier molecular flexibility index (Phi) is 13.9.